The first-order chi connectivity index (χ1) is 8.36. The minimum atomic E-state index is 0.700. The third kappa shape index (κ3) is 2.36. The van der Waals surface area contributed by atoms with E-state index in [0.29, 0.717) is 6.54 Å². The zero-order valence-electron chi connectivity index (χ0n) is 9.83. The van der Waals surface area contributed by atoms with Gasteiger partial charge in [0.15, 0.2) is 5.82 Å². The van der Waals surface area contributed by atoms with Crippen molar-refractivity contribution in [3.63, 3.8) is 0 Å². The third-order valence-corrected chi connectivity index (χ3v) is 3.94. The molecule has 0 amide bonds. The van der Waals surface area contributed by atoms with Crippen molar-refractivity contribution in [3.8, 4) is 0 Å². The van der Waals surface area contributed by atoms with E-state index < -0.39 is 0 Å². The molecule has 0 saturated heterocycles. The predicted molar refractivity (Wildman–Crippen MR) is 65.0 cm³/mol. The fraction of sp³-hybridized carbons (Fsp3) is 0.636. The zero-order chi connectivity index (χ0) is 11.7. The van der Waals surface area contributed by atoms with E-state index >= 15 is 0 Å². The Balaban J connectivity index is 1.73. The highest BCUT2D eigenvalue weighted by Gasteiger charge is 2.26. The van der Waals surface area contributed by atoms with Crippen molar-refractivity contribution < 1.29 is 0 Å². The van der Waals surface area contributed by atoms with Crippen molar-refractivity contribution in [1.82, 2.24) is 25.2 Å². The van der Waals surface area contributed by atoms with Crippen molar-refractivity contribution in [1.29, 1.82) is 0 Å². The van der Waals surface area contributed by atoms with E-state index in [1.807, 2.05) is 4.68 Å². The fourth-order valence-corrected chi connectivity index (χ4v) is 2.80. The van der Waals surface area contributed by atoms with Crippen LogP contribution >= 0.6 is 11.3 Å². The number of tetrazole rings is 1. The first kappa shape index (κ1) is 10.8. The lowest BCUT2D eigenvalue weighted by Gasteiger charge is -2.00. The molecular weight excluding hydrogens is 234 g/mol. The summed E-state index contributed by atoms with van der Waals surface area (Å²) in [5.41, 5.74) is 1.08. The molecule has 0 N–H and O–H groups in total. The Bertz CT molecular complexity index is 499. The van der Waals surface area contributed by atoms with E-state index in [2.05, 4.69) is 32.8 Å². The molecule has 6 heteroatoms. The molecular formula is C11H15N5S. The van der Waals surface area contributed by atoms with Crippen LogP contribution in [0.2, 0.25) is 0 Å². The van der Waals surface area contributed by atoms with Crippen molar-refractivity contribution in [2.45, 2.75) is 45.1 Å². The third-order valence-electron chi connectivity index (χ3n) is 2.89. The summed E-state index contributed by atoms with van der Waals surface area (Å²) >= 11 is 1.77. The van der Waals surface area contributed by atoms with Crippen LogP contribution in [-0.2, 0) is 13.0 Å². The van der Waals surface area contributed by atoms with Crippen LogP contribution in [0.4, 0.5) is 0 Å². The maximum atomic E-state index is 4.65. The van der Waals surface area contributed by atoms with Gasteiger partial charge in [-0.2, -0.15) is 0 Å². The van der Waals surface area contributed by atoms with Gasteiger partial charge in [0.1, 0.15) is 0 Å². The predicted octanol–water partition coefficient (Wildman–Crippen LogP) is 2.01. The zero-order valence-corrected chi connectivity index (χ0v) is 10.7. The molecule has 0 bridgehead atoms. The molecule has 2 heterocycles. The molecule has 0 unspecified atom stereocenters. The molecule has 1 aliphatic rings. The van der Waals surface area contributed by atoms with Crippen LogP contribution in [0.1, 0.15) is 48.6 Å². The van der Waals surface area contributed by atoms with E-state index in [1.54, 1.807) is 11.3 Å². The smallest absolute Gasteiger partial charge is 0.151 e. The Kier molecular flexibility index (Phi) is 2.88. The average Bonchev–Trinajstić information content (AvgIpc) is 2.93. The SMILES string of the molecule is CCCc1nnnn1Cc1csc(C2CC2)n1. The first-order valence-electron chi connectivity index (χ1n) is 6.06. The molecule has 2 aromatic heterocycles. The van der Waals surface area contributed by atoms with Crippen LogP contribution in [0.3, 0.4) is 0 Å². The van der Waals surface area contributed by atoms with Gasteiger partial charge in [-0.25, -0.2) is 9.67 Å². The summed E-state index contributed by atoms with van der Waals surface area (Å²) in [6, 6.07) is 0. The normalized spacial score (nSPS) is 15.4. The first-order valence-corrected chi connectivity index (χ1v) is 6.94. The number of aromatic nitrogens is 5. The van der Waals surface area contributed by atoms with Gasteiger partial charge in [0.05, 0.1) is 17.2 Å². The summed E-state index contributed by atoms with van der Waals surface area (Å²) in [6.45, 7) is 2.83. The van der Waals surface area contributed by atoms with E-state index in [-0.39, 0.29) is 0 Å². The number of hydrogen-bond donors (Lipinski definition) is 0. The largest absolute Gasteiger partial charge is 0.244 e. The minimum absolute atomic E-state index is 0.700. The highest BCUT2D eigenvalue weighted by atomic mass is 32.1. The number of rotatable bonds is 5. The fourth-order valence-electron chi connectivity index (χ4n) is 1.82. The van der Waals surface area contributed by atoms with Gasteiger partial charge >= 0.3 is 0 Å². The Morgan fingerprint density at radius 1 is 1.47 bits per heavy atom. The Labute approximate surface area is 104 Å². The minimum Gasteiger partial charge on any atom is -0.244 e. The van der Waals surface area contributed by atoms with E-state index in [4.69, 9.17) is 0 Å². The second-order valence-corrected chi connectivity index (χ2v) is 5.34. The highest BCUT2D eigenvalue weighted by molar-refractivity contribution is 7.09. The van der Waals surface area contributed by atoms with E-state index in [0.717, 1.165) is 30.3 Å². The summed E-state index contributed by atoms with van der Waals surface area (Å²) in [5.74, 6) is 1.69. The molecule has 90 valence electrons. The molecule has 0 atom stereocenters. The van der Waals surface area contributed by atoms with Gasteiger partial charge in [-0.15, -0.1) is 16.4 Å². The monoisotopic (exact) mass is 249 g/mol. The quantitative estimate of drug-likeness (QED) is 0.813. The van der Waals surface area contributed by atoms with Crippen molar-refractivity contribution in [3.05, 3.63) is 21.9 Å². The van der Waals surface area contributed by atoms with Gasteiger partial charge in [-0.1, -0.05) is 6.92 Å². The summed E-state index contributed by atoms with van der Waals surface area (Å²) < 4.78 is 1.86. The summed E-state index contributed by atoms with van der Waals surface area (Å²) in [5, 5.41) is 15.2. The summed E-state index contributed by atoms with van der Waals surface area (Å²) in [6.07, 6.45) is 4.59. The molecule has 0 aliphatic heterocycles. The topological polar surface area (TPSA) is 56.5 Å². The second kappa shape index (κ2) is 4.52. The molecule has 5 nitrogen and oxygen atoms in total. The Hall–Kier alpha value is -1.30. The standard InChI is InChI=1S/C11H15N5S/c1-2-3-10-13-14-15-16(10)6-9-7-17-11(12-9)8-4-5-8/h7-8H,2-6H2,1H3. The molecule has 1 fully saturated rings. The summed E-state index contributed by atoms with van der Waals surface area (Å²) in [7, 11) is 0. The van der Waals surface area contributed by atoms with Gasteiger partial charge in [0.25, 0.3) is 0 Å². The number of thiazole rings is 1. The van der Waals surface area contributed by atoms with Crippen LogP contribution in [0.25, 0.3) is 0 Å². The second-order valence-electron chi connectivity index (χ2n) is 4.45. The molecule has 1 aliphatic carbocycles. The average molecular weight is 249 g/mol. The Morgan fingerprint density at radius 3 is 3.12 bits per heavy atom. The van der Waals surface area contributed by atoms with Crippen LogP contribution in [0, 0.1) is 0 Å². The molecule has 3 rings (SSSR count). The molecule has 0 radical (unpaired) electrons. The molecule has 17 heavy (non-hydrogen) atoms. The van der Waals surface area contributed by atoms with Crippen molar-refractivity contribution in [2.24, 2.45) is 0 Å². The van der Waals surface area contributed by atoms with Crippen LogP contribution in [-0.4, -0.2) is 25.2 Å². The highest BCUT2D eigenvalue weighted by Crippen LogP contribution is 2.41. The van der Waals surface area contributed by atoms with Crippen molar-refractivity contribution in [2.75, 3.05) is 0 Å². The summed E-state index contributed by atoms with van der Waals surface area (Å²) in [4.78, 5) is 4.65. The molecule has 1 saturated carbocycles. The lowest BCUT2D eigenvalue weighted by atomic mass is 10.3. The van der Waals surface area contributed by atoms with Crippen LogP contribution in [0.5, 0.6) is 0 Å². The molecule has 0 aromatic carbocycles. The van der Waals surface area contributed by atoms with Gasteiger partial charge in [-0.3, -0.25) is 0 Å². The lowest BCUT2D eigenvalue weighted by molar-refractivity contribution is 0.605. The lowest BCUT2D eigenvalue weighted by Crippen LogP contribution is -2.07. The molecule has 0 spiro atoms. The van der Waals surface area contributed by atoms with E-state index in [1.165, 1.54) is 17.8 Å². The number of nitrogens with zero attached hydrogens (tertiary/aromatic N) is 5. The number of hydrogen-bond acceptors (Lipinski definition) is 5. The van der Waals surface area contributed by atoms with Gasteiger partial charge < -0.3 is 0 Å². The van der Waals surface area contributed by atoms with E-state index in [9.17, 15) is 0 Å². The maximum Gasteiger partial charge on any atom is 0.151 e. The van der Waals surface area contributed by atoms with Gasteiger partial charge in [0.2, 0.25) is 0 Å². The maximum absolute atomic E-state index is 4.65. The number of aryl methyl sites for hydroxylation is 1. The van der Waals surface area contributed by atoms with Crippen LogP contribution in [0.15, 0.2) is 5.38 Å². The van der Waals surface area contributed by atoms with Crippen LogP contribution < -0.4 is 0 Å². The van der Waals surface area contributed by atoms with Gasteiger partial charge in [-0.05, 0) is 29.7 Å². The van der Waals surface area contributed by atoms with Gasteiger partial charge in [0, 0.05) is 17.7 Å². The molecule has 2 aromatic rings. The van der Waals surface area contributed by atoms with Crippen molar-refractivity contribution >= 4 is 11.3 Å². The Morgan fingerprint density at radius 2 is 2.35 bits per heavy atom.